The molecule has 12 heteroatoms. The second-order valence-corrected chi connectivity index (χ2v) is 9.42. The van der Waals surface area contributed by atoms with Gasteiger partial charge in [-0.3, -0.25) is 0 Å². The zero-order valence-electron chi connectivity index (χ0n) is 20.7. The number of hydrogen-bond acceptors (Lipinski definition) is 8. The third-order valence-corrected chi connectivity index (χ3v) is 6.89. The molecule has 0 unspecified atom stereocenters. The smallest absolute Gasteiger partial charge is 0.159 e. The van der Waals surface area contributed by atoms with Crippen molar-refractivity contribution < 1.29 is 9.84 Å². The van der Waals surface area contributed by atoms with Crippen LogP contribution in [0.5, 0.6) is 5.75 Å². The van der Waals surface area contributed by atoms with Crippen LogP contribution < -0.4 is 15.0 Å². The summed E-state index contributed by atoms with van der Waals surface area (Å²) in [5.41, 5.74) is 0.713. The van der Waals surface area contributed by atoms with Gasteiger partial charge in [-0.2, -0.15) is 5.26 Å². The monoisotopic (exact) mass is 575 g/mol. The molecule has 0 aliphatic carbocycles. The Morgan fingerprint density at radius 1 is 1.13 bits per heavy atom. The van der Waals surface area contributed by atoms with Gasteiger partial charge in [-0.05, 0) is 48.7 Å². The highest BCUT2D eigenvalue weighted by molar-refractivity contribution is 6.32. The zero-order chi connectivity index (χ0) is 25.1. The average Bonchev–Trinajstić information content (AvgIpc) is 3.40. The Morgan fingerprint density at radius 2 is 1.92 bits per heavy atom. The van der Waals surface area contributed by atoms with Crippen LogP contribution in [0.15, 0.2) is 55.1 Å². The minimum Gasteiger partial charge on any atom is -0.495 e. The van der Waals surface area contributed by atoms with Gasteiger partial charge in [0.25, 0.3) is 0 Å². The molecule has 1 fully saturated rings. The van der Waals surface area contributed by atoms with Crippen LogP contribution in [0.25, 0.3) is 10.8 Å². The number of nitrogens with one attached hydrogen (secondary N) is 1. The van der Waals surface area contributed by atoms with E-state index in [1.54, 1.807) is 25.7 Å². The lowest BCUT2D eigenvalue weighted by Gasteiger charge is -2.39. The minimum atomic E-state index is -0.796. The van der Waals surface area contributed by atoms with E-state index in [-0.39, 0.29) is 24.8 Å². The summed E-state index contributed by atoms with van der Waals surface area (Å²) in [6.45, 7) is 2.28. The van der Waals surface area contributed by atoms with Gasteiger partial charge < -0.3 is 24.6 Å². The summed E-state index contributed by atoms with van der Waals surface area (Å²) < 4.78 is 7.13. The number of piperidine rings is 1. The molecular formula is C26H28Cl3N7O2. The first kappa shape index (κ1) is 29.3. The molecule has 2 aromatic carbocycles. The highest BCUT2D eigenvalue weighted by Crippen LogP contribution is 2.34. The van der Waals surface area contributed by atoms with Gasteiger partial charge >= 0.3 is 0 Å². The van der Waals surface area contributed by atoms with Gasteiger partial charge in [0, 0.05) is 42.8 Å². The van der Waals surface area contributed by atoms with Gasteiger partial charge in [-0.25, -0.2) is 4.98 Å². The molecule has 0 bridgehead atoms. The van der Waals surface area contributed by atoms with Gasteiger partial charge in [-0.15, -0.1) is 35.0 Å². The van der Waals surface area contributed by atoms with Crippen molar-refractivity contribution in [3.8, 4) is 11.8 Å². The molecule has 0 radical (unpaired) electrons. The molecule has 0 spiro atoms. The maximum absolute atomic E-state index is 11.1. The molecule has 9 nitrogen and oxygen atoms in total. The maximum Gasteiger partial charge on any atom is 0.159 e. The van der Waals surface area contributed by atoms with Crippen molar-refractivity contribution in [3.05, 3.63) is 71.3 Å². The van der Waals surface area contributed by atoms with Crippen LogP contribution in [-0.2, 0) is 13.1 Å². The van der Waals surface area contributed by atoms with E-state index in [0.29, 0.717) is 61.2 Å². The SMILES string of the molecule is COc1ccc(CNc2nnc(N3CCC(O)(Cn4ccnc4)CC3)c3ccc(C#N)cc23)cc1Cl.Cl.Cl. The Hall–Kier alpha value is -3.29. The molecule has 0 atom stereocenters. The number of halogens is 3. The number of fused-ring (bicyclic) bond motifs is 1. The van der Waals surface area contributed by atoms with Crippen LogP contribution in [0.2, 0.25) is 5.02 Å². The van der Waals surface area contributed by atoms with Gasteiger partial charge in [-0.1, -0.05) is 17.7 Å². The fraction of sp³-hybridized carbons (Fsp3) is 0.308. The molecule has 1 saturated heterocycles. The van der Waals surface area contributed by atoms with Crippen molar-refractivity contribution in [2.75, 3.05) is 30.4 Å². The summed E-state index contributed by atoms with van der Waals surface area (Å²) in [5, 5.41) is 35.2. The molecule has 5 rings (SSSR count). The van der Waals surface area contributed by atoms with Crippen molar-refractivity contribution in [2.45, 2.75) is 31.5 Å². The largest absolute Gasteiger partial charge is 0.495 e. The van der Waals surface area contributed by atoms with Gasteiger partial charge in [0.1, 0.15) is 5.75 Å². The number of imidazole rings is 1. The van der Waals surface area contributed by atoms with Crippen LogP contribution in [0.1, 0.15) is 24.0 Å². The van der Waals surface area contributed by atoms with E-state index in [1.165, 1.54) is 0 Å². The number of methoxy groups -OCH3 is 1. The van der Waals surface area contributed by atoms with Gasteiger partial charge in [0.05, 0.1) is 42.2 Å². The van der Waals surface area contributed by atoms with Crippen molar-refractivity contribution in [3.63, 3.8) is 0 Å². The molecule has 1 aliphatic heterocycles. The lowest BCUT2D eigenvalue weighted by molar-refractivity contribution is -0.000162. The Morgan fingerprint density at radius 3 is 2.58 bits per heavy atom. The lowest BCUT2D eigenvalue weighted by Crippen LogP contribution is -2.47. The highest BCUT2D eigenvalue weighted by Gasteiger charge is 2.33. The zero-order valence-corrected chi connectivity index (χ0v) is 23.1. The van der Waals surface area contributed by atoms with Crippen LogP contribution in [0, 0.1) is 11.3 Å². The van der Waals surface area contributed by atoms with Crippen LogP contribution in [-0.4, -0.2) is 50.7 Å². The predicted octanol–water partition coefficient (Wildman–Crippen LogP) is 4.85. The lowest BCUT2D eigenvalue weighted by atomic mass is 9.91. The number of aromatic nitrogens is 4. The van der Waals surface area contributed by atoms with E-state index in [2.05, 4.69) is 31.5 Å². The highest BCUT2D eigenvalue weighted by atomic mass is 35.5. The van der Waals surface area contributed by atoms with Gasteiger partial charge in [0.2, 0.25) is 0 Å². The number of nitrogens with zero attached hydrogens (tertiary/aromatic N) is 6. The molecule has 4 aromatic rings. The van der Waals surface area contributed by atoms with E-state index in [9.17, 15) is 10.4 Å². The molecule has 38 heavy (non-hydrogen) atoms. The quantitative estimate of drug-likeness (QED) is 0.321. The second kappa shape index (κ2) is 12.5. The van der Waals surface area contributed by atoms with E-state index < -0.39 is 5.60 Å². The Balaban J connectivity index is 0.00000200. The molecular weight excluding hydrogens is 549 g/mol. The van der Waals surface area contributed by atoms with Crippen LogP contribution in [0.4, 0.5) is 11.6 Å². The minimum absolute atomic E-state index is 0. The number of benzene rings is 2. The van der Waals surface area contributed by atoms with Gasteiger partial charge in [0.15, 0.2) is 11.6 Å². The van der Waals surface area contributed by atoms with Crippen molar-refractivity contribution >= 4 is 58.8 Å². The Labute approximate surface area is 238 Å². The number of ether oxygens (including phenoxy) is 1. The summed E-state index contributed by atoms with van der Waals surface area (Å²) in [6.07, 6.45) is 6.50. The summed E-state index contributed by atoms with van der Waals surface area (Å²) in [6, 6.07) is 13.3. The summed E-state index contributed by atoms with van der Waals surface area (Å²) in [4.78, 5) is 6.22. The number of aliphatic hydroxyl groups is 1. The summed E-state index contributed by atoms with van der Waals surface area (Å²) in [7, 11) is 1.58. The standard InChI is InChI=1S/C26H26ClN7O2.2ClH/c1-36-23-5-3-19(13-22(23)27)15-30-24-21-12-18(14-28)2-4-20(21)25(32-31-24)34-9-6-26(35,7-10-34)16-33-11-8-29-17-33;;/h2-5,8,11-13,17,35H,6-7,9-10,15-16H2,1H3,(H,30,31);2*1H. The van der Waals surface area contributed by atoms with E-state index in [1.807, 2.05) is 41.1 Å². The van der Waals surface area contributed by atoms with Crippen molar-refractivity contribution in [1.29, 1.82) is 5.26 Å². The number of nitriles is 1. The molecule has 0 amide bonds. The Kier molecular flexibility index (Phi) is 9.63. The number of rotatable bonds is 7. The predicted molar refractivity (Wildman–Crippen MR) is 153 cm³/mol. The van der Waals surface area contributed by atoms with E-state index >= 15 is 0 Å². The molecule has 2 aromatic heterocycles. The fourth-order valence-electron chi connectivity index (χ4n) is 4.59. The first-order valence-electron chi connectivity index (χ1n) is 11.7. The second-order valence-electron chi connectivity index (χ2n) is 9.01. The van der Waals surface area contributed by atoms with Crippen molar-refractivity contribution in [1.82, 2.24) is 19.7 Å². The Bertz CT molecular complexity index is 1420. The molecule has 200 valence electrons. The topological polar surface area (TPSA) is 112 Å². The first-order valence-corrected chi connectivity index (χ1v) is 12.1. The summed E-state index contributed by atoms with van der Waals surface area (Å²) >= 11 is 6.27. The third kappa shape index (κ3) is 6.22. The molecule has 1 aliphatic rings. The van der Waals surface area contributed by atoms with E-state index in [0.717, 1.165) is 22.2 Å². The molecule has 0 saturated carbocycles. The third-order valence-electron chi connectivity index (χ3n) is 6.60. The fourth-order valence-corrected chi connectivity index (χ4v) is 4.87. The van der Waals surface area contributed by atoms with Crippen LogP contribution >= 0.6 is 36.4 Å². The number of anilines is 2. The number of hydrogen-bond donors (Lipinski definition) is 2. The maximum atomic E-state index is 11.1. The summed E-state index contributed by atoms with van der Waals surface area (Å²) in [5.74, 6) is 1.95. The van der Waals surface area contributed by atoms with Crippen LogP contribution in [0.3, 0.4) is 0 Å². The molecule has 3 heterocycles. The van der Waals surface area contributed by atoms with Crippen molar-refractivity contribution in [2.24, 2.45) is 0 Å². The van der Waals surface area contributed by atoms with E-state index in [4.69, 9.17) is 16.3 Å². The normalized spacial score (nSPS) is 14.2. The first-order chi connectivity index (χ1) is 17.5. The molecule has 2 N–H and O–H groups in total. The average molecular weight is 577 g/mol.